The van der Waals surface area contributed by atoms with Gasteiger partial charge in [-0.25, -0.2) is 0 Å². The van der Waals surface area contributed by atoms with Crippen molar-refractivity contribution >= 4 is 5.97 Å². The fourth-order valence-corrected chi connectivity index (χ4v) is 1.68. The molecule has 0 aliphatic heterocycles. The fraction of sp³-hybridized carbons (Fsp3) is 0.455. The van der Waals surface area contributed by atoms with Crippen LogP contribution in [0.1, 0.15) is 25.1 Å². The van der Waals surface area contributed by atoms with E-state index in [0.717, 1.165) is 5.69 Å². The number of aliphatic carboxylic acids is 1. The molecule has 0 fully saturated rings. The van der Waals surface area contributed by atoms with Crippen molar-refractivity contribution in [1.82, 2.24) is 10.3 Å². The van der Waals surface area contributed by atoms with Crippen molar-refractivity contribution in [2.75, 3.05) is 7.05 Å². The van der Waals surface area contributed by atoms with E-state index >= 15 is 0 Å². The molecule has 0 aliphatic carbocycles. The summed E-state index contributed by atoms with van der Waals surface area (Å²) in [7, 11) is 1.82. The topological polar surface area (TPSA) is 62.2 Å². The van der Waals surface area contributed by atoms with Crippen LogP contribution in [0, 0.1) is 5.92 Å². The molecule has 0 amide bonds. The Morgan fingerprint density at radius 2 is 2.33 bits per heavy atom. The minimum atomic E-state index is -0.779. The van der Waals surface area contributed by atoms with Gasteiger partial charge in [0.05, 0.1) is 11.7 Å². The van der Waals surface area contributed by atoms with Crippen LogP contribution in [0.25, 0.3) is 0 Å². The summed E-state index contributed by atoms with van der Waals surface area (Å²) >= 11 is 0. The number of carboxylic acid groups (broad SMARTS) is 1. The molecule has 2 N–H and O–H groups in total. The molecule has 15 heavy (non-hydrogen) atoms. The molecule has 0 aromatic carbocycles. The molecule has 82 valence electrons. The number of rotatable bonds is 5. The highest BCUT2D eigenvalue weighted by Gasteiger charge is 2.20. The lowest BCUT2D eigenvalue weighted by molar-refractivity contribution is -0.138. The molecule has 1 rings (SSSR count). The van der Waals surface area contributed by atoms with Gasteiger partial charge in [-0.3, -0.25) is 9.78 Å². The number of nitrogens with zero attached hydrogens (tertiary/aromatic N) is 1. The van der Waals surface area contributed by atoms with Crippen LogP contribution in [-0.2, 0) is 4.79 Å². The van der Waals surface area contributed by atoms with Gasteiger partial charge in [-0.05, 0) is 25.1 Å². The van der Waals surface area contributed by atoms with E-state index in [4.69, 9.17) is 5.11 Å². The monoisotopic (exact) mass is 208 g/mol. The molecular weight excluding hydrogens is 192 g/mol. The molecule has 4 nitrogen and oxygen atoms in total. The lowest BCUT2D eigenvalue weighted by Crippen LogP contribution is -2.26. The molecule has 0 bridgehead atoms. The predicted octanol–water partition coefficient (Wildman–Crippen LogP) is 1.45. The minimum Gasteiger partial charge on any atom is -0.481 e. The third kappa shape index (κ3) is 3.32. The van der Waals surface area contributed by atoms with Crippen molar-refractivity contribution in [3.8, 4) is 0 Å². The zero-order chi connectivity index (χ0) is 11.3. The lowest BCUT2D eigenvalue weighted by atomic mass is 9.95. The summed E-state index contributed by atoms with van der Waals surface area (Å²) in [6.45, 7) is 1.91. The number of carbonyl (C=O) groups is 1. The Balaban J connectivity index is 2.75. The standard InChI is InChI=1S/C11H16N2O2/c1-8(7-10(14)15)11(12-2)9-5-3-4-6-13-9/h3-6,8,11-12H,7H2,1-2H3,(H,14,15). The molecule has 2 atom stereocenters. The zero-order valence-electron chi connectivity index (χ0n) is 8.97. The molecule has 1 aromatic rings. The van der Waals surface area contributed by atoms with Crippen LogP contribution in [0.15, 0.2) is 24.4 Å². The van der Waals surface area contributed by atoms with Crippen LogP contribution < -0.4 is 5.32 Å². The normalized spacial score (nSPS) is 14.5. The molecule has 0 saturated heterocycles. The number of nitrogens with one attached hydrogen (secondary N) is 1. The first-order valence-corrected chi connectivity index (χ1v) is 4.95. The SMILES string of the molecule is CNC(c1ccccn1)C(C)CC(=O)O. The highest BCUT2D eigenvalue weighted by atomic mass is 16.4. The summed E-state index contributed by atoms with van der Waals surface area (Å²) in [6, 6.07) is 5.64. The Bertz CT molecular complexity index is 314. The van der Waals surface area contributed by atoms with E-state index in [1.807, 2.05) is 32.2 Å². The van der Waals surface area contributed by atoms with Crippen LogP contribution in [0.4, 0.5) is 0 Å². The van der Waals surface area contributed by atoms with E-state index in [9.17, 15) is 4.79 Å². The number of carboxylic acids is 1. The smallest absolute Gasteiger partial charge is 0.303 e. The third-order valence-electron chi connectivity index (χ3n) is 2.38. The highest BCUT2D eigenvalue weighted by Crippen LogP contribution is 2.21. The number of hydrogen-bond donors (Lipinski definition) is 2. The van der Waals surface area contributed by atoms with Gasteiger partial charge in [-0.2, -0.15) is 0 Å². The van der Waals surface area contributed by atoms with Gasteiger partial charge in [0, 0.05) is 12.6 Å². The van der Waals surface area contributed by atoms with Crippen molar-refractivity contribution < 1.29 is 9.90 Å². The third-order valence-corrected chi connectivity index (χ3v) is 2.38. The number of pyridine rings is 1. The van der Waals surface area contributed by atoms with Crippen molar-refractivity contribution in [3.05, 3.63) is 30.1 Å². The summed E-state index contributed by atoms with van der Waals surface area (Å²) in [6.07, 6.45) is 1.86. The van der Waals surface area contributed by atoms with Crippen molar-refractivity contribution in [1.29, 1.82) is 0 Å². The molecule has 0 aliphatic rings. The minimum absolute atomic E-state index is 0.0118. The van der Waals surface area contributed by atoms with Gasteiger partial charge in [0.2, 0.25) is 0 Å². The maximum Gasteiger partial charge on any atom is 0.303 e. The zero-order valence-corrected chi connectivity index (χ0v) is 8.97. The summed E-state index contributed by atoms with van der Waals surface area (Å²) in [5, 5.41) is 11.8. The Morgan fingerprint density at radius 1 is 1.60 bits per heavy atom. The van der Waals surface area contributed by atoms with Crippen molar-refractivity contribution in [2.45, 2.75) is 19.4 Å². The molecule has 1 heterocycles. The summed E-state index contributed by atoms with van der Waals surface area (Å²) in [4.78, 5) is 14.8. The molecule has 2 unspecified atom stereocenters. The van der Waals surface area contributed by atoms with Gasteiger partial charge >= 0.3 is 5.97 Å². The molecule has 1 aromatic heterocycles. The first-order valence-electron chi connectivity index (χ1n) is 4.95. The second kappa shape index (κ2) is 5.46. The molecule has 0 saturated carbocycles. The van der Waals surface area contributed by atoms with Crippen LogP contribution in [0.3, 0.4) is 0 Å². The van der Waals surface area contributed by atoms with Gasteiger partial charge in [-0.1, -0.05) is 13.0 Å². The lowest BCUT2D eigenvalue weighted by Gasteiger charge is -2.21. The van der Waals surface area contributed by atoms with E-state index in [1.165, 1.54) is 0 Å². The van der Waals surface area contributed by atoms with E-state index in [-0.39, 0.29) is 18.4 Å². The van der Waals surface area contributed by atoms with Gasteiger partial charge in [-0.15, -0.1) is 0 Å². The van der Waals surface area contributed by atoms with E-state index in [1.54, 1.807) is 6.20 Å². The summed E-state index contributed by atoms with van der Waals surface area (Å²) < 4.78 is 0. The molecule has 0 radical (unpaired) electrons. The first-order chi connectivity index (χ1) is 7.15. The summed E-state index contributed by atoms with van der Waals surface area (Å²) in [5.41, 5.74) is 0.883. The second-order valence-corrected chi connectivity index (χ2v) is 3.60. The Morgan fingerprint density at radius 3 is 2.80 bits per heavy atom. The van der Waals surface area contributed by atoms with Crippen molar-refractivity contribution in [2.24, 2.45) is 5.92 Å². The molecular formula is C11H16N2O2. The van der Waals surface area contributed by atoms with Crippen LogP contribution in [0.2, 0.25) is 0 Å². The average Bonchev–Trinajstić information content (AvgIpc) is 2.19. The first kappa shape index (κ1) is 11.7. The maximum absolute atomic E-state index is 10.6. The molecule has 4 heteroatoms. The van der Waals surface area contributed by atoms with Crippen LogP contribution >= 0.6 is 0 Å². The van der Waals surface area contributed by atoms with Crippen molar-refractivity contribution in [3.63, 3.8) is 0 Å². The van der Waals surface area contributed by atoms with Gasteiger partial charge in [0.15, 0.2) is 0 Å². The Hall–Kier alpha value is -1.42. The largest absolute Gasteiger partial charge is 0.481 e. The highest BCUT2D eigenvalue weighted by molar-refractivity contribution is 5.67. The van der Waals surface area contributed by atoms with Gasteiger partial charge < -0.3 is 10.4 Å². The van der Waals surface area contributed by atoms with E-state index in [0.29, 0.717) is 0 Å². The van der Waals surface area contributed by atoms with Crippen LogP contribution in [-0.4, -0.2) is 23.1 Å². The van der Waals surface area contributed by atoms with E-state index < -0.39 is 5.97 Å². The summed E-state index contributed by atoms with van der Waals surface area (Å²) in [5.74, 6) is -0.763. The van der Waals surface area contributed by atoms with Gasteiger partial charge in [0.1, 0.15) is 0 Å². The Labute approximate surface area is 89.3 Å². The van der Waals surface area contributed by atoms with Gasteiger partial charge in [0.25, 0.3) is 0 Å². The second-order valence-electron chi connectivity index (χ2n) is 3.60. The number of aromatic nitrogens is 1. The average molecular weight is 208 g/mol. The fourth-order valence-electron chi connectivity index (χ4n) is 1.68. The Kier molecular flexibility index (Phi) is 4.24. The maximum atomic E-state index is 10.6. The predicted molar refractivity (Wildman–Crippen MR) is 57.5 cm³/mol. The quantitative estimate of drug-likeness (QED) is 0.768. The van der Waals surface area contributed by atoms with E-state index in [2.05, 4.69) is 10.3 Å². The molecule has 0 spiro atoms. The number of hydrogen-bond acceptors (Lipinski definition) is 3. The van der Waals surface area contributed by atoms with Crippen LogP contribution in [0.5, 0.6) is 0 Å².